The van der Waals surface area contributed by atoms with Gasteiger partial charge in [0.1, 0.15) is 0 Å². The van der Waals surface area contributed by atoms with Gasteiger partial charge < -0.3 is 10.2 Å². The molecule has 1 N–H and O–H groups in total. The van der Waals surface area contributed by atoms with Crippen LogP contribution in [0.1, 0.15) is 12.8 Å². The van der Waals surface area contributed by atoms with E-state index < -0.39 is 0 Å². The molecule has 80 valence electrons. The fraction of sp³-hybridized carbons (Fsp3) is 0.545. The number of aromatic nitrogens is 1. The van der Waals surface area contributed by atoms with Gasteiger partial charge in [0, 0.05) is 25.8 Å². The van der Waals surface area contributed by atoms with E-state index >= 15 is 0 Å². The maximum Gasteiger partial charge on any atom is 0.152 e. The molecule has 2 heterocycles. The van der Waals surface area contributed by atoms with Gasteiger partial charge in [0.05, 0.1) is 10.7 Å². The van der Waals surface area contributed by atoms with Gasteiger partial charge in [0.2, 0.25) is 0 Å². The van der Waals surface area contributed by atoms with Gasteiger partial charge in [0.15, 0.2) is 5.82 Å². The molecule has 2 aliphatic rings. The summed E-state index contributed by atoms with van der Waals surface area (Å²) >= 11 is 5.92. The lowest BCUT2D eigenvalue weighted by Crippen LogP contribution is -2.36. The minimum atomic E-state index is 0.703. The molecule has 1 aromatic heterocycles. The van der Waals surface area contributed by atoms with Gasteiger partial charge in [-0.15, -0.1) is 0 Å². The highest BCUT2D eigenvalue weighted by molar-refractivity contribution is 6.30. The van der Waals surface area contributed by atoms with E-state index in [1.54, 1.807) is 6.20 Å². The van der Waals surface area contributed by atoms with E-state index in [9.17, 15) is 0 Å². The Bertz CT molecular complexity index is 376. The van der Waals surface area contributed by atoms with Crippen molar-refractivity contribution in [1.82, 2.24) is 4.98 Å². The molecule has 0 aromatic carbocycles. The van der Waals surface area contributed by atoms with Crippen LogP contribution < -0.4 is 10.2 Å². The molecule has 3 rings (SSSR count). The number of rotatable bonds is 2. The van der Waals surface area contributed by atoms with Crippen molar-refractivity contribution in [3.05, 3.63) is 17.3 Å². The first kappa shape index (κ1) is 9.28. The molecule has 1 fully saturated rings. The second kappa shape index (κ2) is 3.56. The molecule has 4 heteroatoms. The van der Waals surface area contributed by atoms with E-state index in [1.807, 2.05) is 6.07 Å². The third kappa shape index (κ3) is 1.88. The quantitative estimate of drug-likeness (QED) is 0.835. The molecule has 0 atom stereocenters. The zero-order valence-electron chi connectivity index (χ0n) is 8.54. The minimum Gasteiger partial charge on any atom is -0.380 e. The first-order chi connectivity index (χ1) is 7.33. The van der Waals surface area contributed by atoms with Crippen molar-refractivity contribution < 1.29 is 0 Å². The van der Waals surface area contributed by atoms with Gasteiger partial charge in [-0.05, 0) is 24.8 Å². The summed E-state index contributed by atoms with van der Waals surface area (Å²) in [5.74, 6) is 1.96. The lowest BCUT2D eigenvalue weighted by Gasteiger charge is -2.30. The molecule has 1 aliphatic carbocycles. The molecule has 0 spiro atoms. The lowest BCUT2D eigenvalue weighted by atomic mass is 10.2. The summed E-state index contributed by atoms with van der Waals surface area (Å²) in [5, 5.41) is 4.04. The predicted molar refractivity (Wildman–Crippen MR) is 62.7 cm³/mol. The maximum absolute atomic E-state index is 5.92. The lowest BCUT2D eigenvalue weighted by molar-refractivity contribution is 0.708. The molecule has 0 radical (unpaired) electrons. The van der Waals surface area contributed by atoms with Gasteiger partial charge in [-0.1, -0.05) is 11.6 Å². The highest BCUT2D eigenvalue weighted by Crippen LogP contribution is 2.34. The molecule has 1 aromatic rings. The molecular weight excluding hydrogens is 210 g/mol. The van der Waals surface area contributed by atoms with Crippen molar-refractivity contribution in [2.24, 2.45) is 5.92 Å². The molecule has 1 aliphatic heterocycles. The molecule has 3 nitrogen and oxygen atoms in total. The number of pyridine rings is 1. The standard InChI is InChI=1S/C11H14ClN3/c12-9-5-10-11(14-6-9)15(4-3-13-10)7-8-1-2-8/h5-6,8,13H,1-4,7H2. The van der Waals surface area contributed by atoms with Crippen LogP contribution in [-0.4, -0.2) is 24.6 Å². The van der Waals surface area contributed by atoms with Crippen LogP contribution >= 0.6 is 11.6 Å². The van der Waals surface area contributed by atoms with Gasteiger partial charge in [-0.3, -0.25) is 0 Å². The average molecular weight is 224 g/mol. The van der Waals surface area contributed by atoms with E-state index in [1.165, 1.54) is 12.8 Å². The topological polar surface area (TPSA) is 28.2 Å². The Morgan fingerprint density at radius 2 is 2.40 bits per heavy atom. The first-order valence-electron chi connectivity index (χ1n) is 5.47. The Kier molecular flexibility index (Phi) is 2.20. The largest absolute Gasteiger partial charge is 0.380 e. The zero-order chi connectivity index (χ0) is 10.3. The van der Waals surface area contributed by atoms with Crippen LogP contribution in [0.15, 0.2) is 12.3 Å². The predicted octanol–water partition coefficient (Wildman–Crippen LogP) is 2.38. The van der Waals surface area contributed by atoms with Crippen molar-refractivity contribution in [3.63, 3.8) is 0 Å². The smallest absolute Gasteiger partial charge is 0.152 e. The van der Waals surface area contributed by atoms with Crippen LogP contribution in [0.25, 0.3) is 0 Å². The van der Waals surface area contributed by atoms with E-state index in [2.05, 4.69) is 15.2 Å². The van der Waals surface area contributed by atoms with Crippen molar-refractivity contribution in [3.8, 4) is 0 Å². The van der Waals surface area contributed by atoms with Crippen molar-refractivity contribution >= 4 is 23.1 Å². The third-order valence-electron chi connectivity index (χ3n) is 3.01. The van der Waals surface area contributed by atoms with Gasteiger partial charge in [0.25, 0.3) is 0 Å². The molecule has 0 bridgehead atoms. The summed E-state index contributed by atoms with van der Waals surface area (Å²) in [7, 11) is 0. The highest BCUT2D eigenvalue weighted by atomic mass is 35.5. The summed E-state index contributed by atoms with van der Waals surface area (Å²) in [6.07, 6.45) is 4.49. The summed E-state index contributed by atoms with van der Waals surface area (Å²) in [5.41, 5.74) is 1.08. The molecule has 1 saturated carbocycles. The molecule has 0 unspecified atom stereocenters. The van der Waals surface area contributed by atoms with Gasteiger partial charge in [-0.2, -0.15) is 0 Å². The van der Waals surface area contributed by atoms with Crippen LogP contribution in [0.5, 0.6) is 0 Å². The Morgan fingerprint density at radius 1 is 1.53 bits per heavy atom. The SMILES string of the molecule is Clc1cnc2c(c1)NCCN2CC1CC1. The fourth-order valence-electron chi connectivity index (χ4n) is 2.04. The number of anilines is 2. The number of nitrogens with zero attached hydrogens (tertiary/aromatic N) is 2. The minimum absolute atomic E-state index is 0.703. The second-order valence-corrected chi connectivity index (χ2v) is 4.78. The zero-order valence-corrected chi connectivity index (χ0v) is 9.30. The Hall–Kier alpha value is -0.960. The summed E-state index contributed by atoms with van der Waals surface area (Å²) in [6, 6.07) is 1.96. The molecule has 0 saturated heterocycles. The Balaban J connectivity index is 1.87. The summed E-state index contributed by atoms with van der Waals surface area (Å²) < 4.78 is 0. The van der Waals surface area contributed by atoms with Crippen LogP contribution in [0.2, 0.25) is 5.02 Å². The second-order valence-electron chi connectivity index (χ2n) is 4.34. The third-order valence-corrected chi connectivity index (χ3v) is 3.21. The normalized spacial score (nSPS) is 19.7. The van der Waals surface area contributed by atoms with E-state index in [4.69, 9.17) is 11.6 Å². The van der Waals surface area contributed by atoms with Gasteiger partial charge >= 0.3 is 0 Å². The first-order valence-corrected chi connectivity index (χ1v) is 5.85. The number of hydrogen-bond donors (Lipinski definition) is 1. The molecular formula is C11H14ClN3. The van der Waals surface area contributed by atoms with Gasteiger partial charge in [-0.25, -0.2) is 4.98 Å². The fourth-order valence-corrected chi connectivity index (χ4v) is 2.19. The molecule has 15 heavy (non-hydrogen) atoms. The number of nitrogens with one attached hydrogen (secondary N) is 1. The Morgan fingerprint density at radius 3 is 3.20 bits per heavy atom. The Labute approximate surface area is 94.4 Å². The van der Waals surface area contributed by atoms with E-state index in [0.717, 1.165) is 37.1 Å². The van der Waals surface area contributed by atoms with Crippen LogP contribution in [0, 0.1) is 5.92 Å². The van der Waals surface area contributed by atoms with E-state index in [-0.39, 0.29) is 0 Å². The molecule has 0 amide bonds. The maximum atomic E-state index is 5.92. The average Bonchev–Trinajstić information content (AvgIpc) is 3.01. The summed E-state index contributed by atoms with van der Waals surface area (Å²) in [4.78, 5) is 6.79. The number of halogens is 1. The van der Waals surface area contributed by atoms with Crippen LogP contribution in [0.3, 0.4) is 0 Å². The monoisotopic (exact) mass is 223 g/mol. The van der Waals surface area contributed by atoms with Crippen molar-refractivity contribution in [2.75, 3.05) is 29.9 Å². The van der Waals surface area contributed by atoms with Crippen LogP contribution in [-0.2, 0) is 0 Å². The highest BCUT2D eigenvalue weighted by Gasteiger charge is 2.27. The van der Waals surface area contributed by atoms with E-state index in [0.29, 0.717) is 5.02 Å². The summed E-state index contributed by atoms with van der Waals surface area (Å²) in [6.45, 7) is 3.20. The van der Waals surface area contributed by atoms with Crippen molar-refractivity contribution in [1.29, 1.82) is 0 Å². The van der Waals surface area contributed by atoms with Crippen molar-refractivity contribution in [2.45, 2.75) is 12.8 Å². The van der Waals surface area contributed by atoms with Crippen LogP contribution in [0.4, 0.5) is 11.5 Å². The number of fused-ring (bicyclic) bond motifs is 1. The number of hydrogen-bond acceptors (Lipinski definition) is 3.